The summed E-state index contributed by atoms with van der Waals surface area (Å²) in [5, 5.41) is 10.2. The molecule has 20 nitrogen and oxygen atoms in total. The minimum Gasteiger partial charge on any atom is -0.756 e. The van der Waals surface area contributed by atoms with Crippen LogP contribution in [-0.2, 0) is 66.3 Å². The third-order valence-corrected chi connectivity index (χ3v) is 15.7. The first kappa shape index (κ1) is 67.3. The number of ether oxygens (including phenoxy) is 7. The van der Waals surface area contributed by atoms with Crippen molar-refractivity contribution < 1.29 is 75.3 Å². The Bertz CT molecular complexity index is 2550. The summed E-state index contributed by atoms with van der Waals surface area (Å²) in [6.07, 6.45) is 22.2. The van der Waals surface area contributed by atoms with Crippen LogP contribution in [0, 0.1) is 0 Å². The van der Waals surface area contributed by atoms with Crippen LogP contribution < -0.4 is 29.2 Å². The second-order valence-corrected chi connectivity index (χ2v) is 24.0. The summed E-state index contributed by atoms with van der Waals surface area (Å²) < 4.78 is 62.8. The molecule has 458 valence electrons. The van der Waals surface area contributed by atoms with Gasteiger partial charge in [0.1, 0.15) is 44.4 Å². The predicted molar refractivity (Wildman–Crippen MR) is 311 cm³/mol. The maximum Gasteiger partial charge on any atom is 0.314 e. The number of phosphoric acid groups is 1. The normalized spacial score (nSPS) is 14.8. The van der Waals surface area contributed by atoms with E-state index in [2.05, 4.69) is 34.0 Å². The van der Waals surface area contributed by atoms with Crippen molar-refractivity contribution in [2.24, 2.45) is 0 Å². The minimum absolute atomic E-state index is 0.0748. The van der Waals surface area contributed by atoms with Gasteiger partial charge in [-0.25, -0.2) is 4.98 Å². The number of phosphoric ester groups is 1. The van der Waals surface area contributed by atoms with E-state index in [-0.39, 0.29) is 32.5 Å². The van der Waals surface area contributed by atoms with Crippen LogP contribution in [0.3, 0.4) is 0 Å². The van der Waals surface area contributed by atoms with Crippen LogP contribution in [0.2, 0.25) is 0 Å². The molecule has 1 aliphatic carbocycles. The van der Waals surface area contributed by atoms with Gasteiger partial charge in [0, 0.05) is 30.4 Å². The van der Waals surface area contributed by atoms with Crippen molar-refractivity contribution in [3.8, 4) is 34.1 Å². The summed E-state index contributed by atoms with van der Waals surface area (Å²) in [5.74, 6) is 1.06. The molecule has 3 aromatic rings. The molecular formula is C61H94N5O15P. The number of fused-ring (bicyclic) bond motifs is 4. The number of carbonyl (C=O) groups is 4. The maximum absolute atomic E-state index is 13.4. The number of hydrogen-bond donors (Lipinski definition) is 2. The molecule has 0 saturated heterocycles. The lowest BCUT2D eigenvalue weighted by atomic mass is 9.90. The van der Waals surface area contributed by atoms with Crippen LogP contribution in [-0.4, -0.2) is 132 Å². The van der Waals surface area contributed by atoms with Gasteiger partial charge in [0.2, 0.25) is 5.75 Å². The van der Waals surface area contributed by atoms with E-state index in [0.29, 0.717) is 84.4 Å². The molecule has 0 radical (unpaired) electrons. The Hall–Kier alpha value is -5.53. The van der Waals surface area contributed by atoms with Gasteiger partial charge >= 0.3 is 17.9 Å². The van der Waals surface area contributed by atoms with E-state index in [0.717, 1.165) is 91.2 Å². The van der Waals surface area contributed by atoms with Crippen LogP contribution in [0.25, 0.3) is 16.7 Å². The number of H-pyrrole nitrogens is 1. The Morgan fingerprint density at radius 2 is 1.39 bits per heavy atom. The zero-order valence-electron chi connectivity index (χ0n) is 50.1. The Morgan fingerprint density at radius 1 is 0.768 bits per heavy atom. The van der Waals surface area contributed by atoms with Gasteiger partial charge in [0.05, 0.1) is 55.1 Å². The molecule has 2 N–H and O–H groups in total. The van der Waals surface area contributed by atoms with Crippen LogP contribution in [0.15, 0.2) is 24.8 Å². The van der Waals surface area contributed by atoms with E-state index in [9.17, 15) is 28.6 Å². The maximum atomic E-state index is 13.4. The van der Waals surface area contributed by atoms with E-state index in [1.807, 2.05) is 39.3 Å². The largest absolute Gasteiger partial charge is 0.756 e. The van der Waals surface area contributed by atoms with Gasteiger partial charge in [0.15, 0.2) is 30.0 Å². The second kappa shape index (κ2) is 35.6. The van der Waals surface area contributed by atoms with Gasteiger partial charge in [-0.3, -0.25) is 28.8 Å². The predicted octanol–water partition coefficient (Wildman–Crippen LogP) is 10.6. The van der Waals surface area contributed by atoms with E-state index in [1.165, 1.54) is 57.8 Å². The number of benzene rings is 2. The number of amides is 1. The molecular weight excluding hydrogens is 1070 g/mol. The Kier molecular flexibility index (Phi) is 29.2. The van der Waals surface area contributed by atoms with Gasteiger partial charge in [-0.15, -0.1) is 0 Å². The van der Waals surface area contributed by atoms with Crippen molar-refractivity contribution in [1.82, 2.24) is 20.5 Å². The fourth-order valence-electron chi connectivity index (χ4n) is 10.1. The number of unbranched alkanes of at least 4 members (excludes halogenated alkanes) is 18. The highest BCUT2D eigenvalue weighted by atomic mass is 31.2. The first-order valence-corrected chi connectivity index (χ1v) is 31.3. The molecule has 2 heterocycles. The number of aromatic amines is 1. The highest BCUT2D eigenvalue weighted by Gasteiger charge is 2.33. The summed E-state index contributed by atoms with van der Waals surface area (Å²) in [5.41, 5.74) is 5.17. The minimum atomic E-state index is -4.70. The second-order valence-electron chi connectivity index (χ2n) is 22.6. The van der Waals surface area contributed by atoms with Crippen molar-refractivity contribution in [3.63, 3.8) is 0 Å². The van der Waals surface area contributed by atoms with Crippen molar-refractivity contribution in [3.05, 3.63) is 53.1 Å². The first-order chi connectivity index (χ1) is 39.4. The number of hydrogen-bond acceptors (Lipinski definition) is 17. The fourth-order valence-corrected chi connectivity index (χ4v) is 10.8. The average Bonchev–Trinajstić information content (AvgIpc) is 4.18. The van der Waals surface area contributed by atoms with Gasteiger partial charge in [-0.05, 0) is 72.6 Å². The Morgan fingerprint density at radius 3 is 2.01 bits per heavy atom. The zero-order valence-corrected chi connectivity index (χ0v) is 51.0. The molecule has 1 aromatic heterocycles. The lowest BCUT2D eigenvalue weighted by Crippen LogP contribution is -2.37. The molecule has 0 fully saturated rings. The quantitative estimate of drug-likeness (QED) is 0.0176. The van der Waals surface area contributed by atoms with Gasteiger partial charge < -0.3 is 56.9 Å². The first-order valence-electron chi connectivity index (χ1n) is 29.9. The number of nitrogens with one attached hydrogen (secondary N) is 2. The smallest absolute Gasteiger partial charge is 0.314 e. The fraction of sp³-hybridized carbons (Fsp3) is 0.672. The number of aryl methyl sites for hydroxylation is 2. The lowest BCUT2D eigenvalue weighted by molar-refractivity contribution is -0.870. The summed E-state index contributed by atoms with van der Waals surface area (Å²) in [7, 11) is 5.73. The molecule has 0 bridgehead atoms. The lowest BCUT2D eigenvalue weighted by Gasteiger charge is -2.28. The molecule has 21 heteroatoms. The molecule has 0 spiro atoms. The van der Waals surface area contributed by atoms with Crippen molar-refractivity contribution >= 4 is 37.2 Å². The number of likely N-dealkylation sites (N-methyl/N-ethyl adjacent to an activating group) is 1. The molecule has 82 heavy (non-hydrogen) atoms. The summed E-state index contributed by atoms with van der Waals surface area (Å²) in [4.78, 5) is 68.8. The van der Waals surface area contributed by atoms with Crippen LogP contribution >= 0.6 is 7.82 Å². The topological polar surface area (TPSA) is 245 Å². The van der Waals surface area contributed by atoms with Crippen LogP contribution in [0.4, 0.5) is 0 Å². The zero-order chi connectivity index (χ0) is 59.3. The molecule has 1 aliphatic heterocycles. The average molecular weight is 1170 g/mol. The van der Waals surface area contributed by atoms with Crippen LogP contribution in [0.5, 0.6) is 23.0 Å². The Labute approximate surface area is 486 Å². The molecule has 2 aliphatic rings. The number of aromatic nitrogens is 3. The Balaban J connectivity index is 0.958. The highest BCUT2D eigenvalue weighted by Crippen LogP contribution is 2.52. The van der Waals surface area contributed by atoms with Crippen molar-refractivity contribution in [2.45, 2.75) is 186 Å². The standard InChI is InChI=1S/C61H94N5O15P/c1-9-10-11-12-13-14-15-16-17-18-21-24-27-30-56(68)77-41-46(42-80-82(71,72)79-35-34-66(3,4)5)81-57(69)31-28-25-22-19-20-23-26-29-53-63-54(65-64-53)39-58(70)78-43-55(67)62-50-33-32-45-36-52(73-6)60(74-7)61(75-8)59(45)49-37-47-44(2)40-76-51(47)38-48(49)50/h36-38,46,50H,2,9-35,39-43H2,1,3-8H3,(H2-,62,63,64,65,67,71,72)/t46?,50-/m0/s1. The number of nitrogens with zero attached hydrogens (tertiary/aromatic N) is 3. The monoisotopic (exact) mass is 1170 g/mol. The van der Waals surface area contributed by atoms with Crippen molar-refractivity contribution in [2.75, 3.05) is 82.1 Å². The third kappa shape index (κ3) is 23.6. The van der Waals surface area contributed by atoms with Crippen LogP contribution in [0.1, 0.15) is 189 Å². The molecule has 0 saturated carbocycles. The van der Waals surface area contributed by atoms with Gasteiger partial charge in [-0.1, -0.05) is 123 Å². The van der Waals surface area contributed by atoms with Gasteiger partial charge in [-0.2, -0.15) is 5.10 Å². The number of quaternary nitrogens is 1. The molecule has 5 rings (SSSR count). The summed E-state index contributed by atoms with van der Waals surface area (Å²) >= 11 is 0. The molecule has 2 unspecified atom stereocenters. The SMILES string of the molecule is C=C1COc2cc3c(cc21)-c1c(cc(OC)c(OC)c1OC)CC[C@@H]3NC(=O)COC(=O)Cc1nc(CCCCCCCCCC(=O)OC(COC(=O)CCCCCCCCCCCCCCC)COP(=O)([O-])OCC[N+](C)(C)C)n[nH]1. The van der Waals surface area contributed by atoms with E-state index in [1.54, 1.807) is 21.3 Å². The third-order valence-electron chi connectivity index (χ3n) is 14.7. The molecule has 3 atom stereocenters. The van der Waals surface area contributed by atoms with E-state index in [4.69, 9.17) is 42.2 Å². The summed E-state index contributed by atoms with van der Waals surface area (Å²) in [6.45, 7) is 5.80. The van der Waals surface area contributed by atoms with Crippen molar-refractivity contribution in [1.29, 1.82) is 0 Å². The number of methoxy groups -OCH3 is 3. The number of rotatable bonds is 42. The van der Waals surface area contributed by atoms with E-state index >= 15 is 0 Å². The van der Waals surface area contributed by atoms with Gasteiger partial charge in [0.25, 0.3) is 13.7 Å². The van der Waals surface area contributed by atoms with E-state index < -0.39 is 57.0 Å². The highest BCUT2D eigenvalue weighted by molar-refractivity contribution is 7.45. The number of esters is 3. The summed E-state index contributed by atoms with van der Waals surface area (Å²) in [6, 6.07) is 5.43. The molecule has 1 amide bonds. The molecule has 2 aromatic carbocycles. The number of carbonyl (C=O) groups excluding carboxylic acids is 4.